The van der Waals surface area contributed by atoms with Gasteiger partial charge in [0.05, 0.1) is 21.5 Å². The van der Waals surface area contributed by atoms with E-state index < -0.39 is 0 Å². The molecule has 0 aliphatic carbocycles. The summed E-state index contributed by atoms with van der Waals surface area (Å²) in [6.07, 6.45) is 0. The van der Waals surface area contributed by atoms with Crippen molar-refractivity contribution in [3.63, 3.8) is 0 Å². The number of thiophene rings is 1. The molecule has 0 N–H and O–H groups in total. The summed E-state index contributed by atoms with van der Waals surface area (Å²) in [6.45, 7) is 0. The lowest BCUT2D eigenvalue weighted by Gasteiger charge is -2.10. The number of para-hydroxylation sites is 1. The molecule has 0 amide bonds. The van der Waals surface area contributed by atoms with Gasteiger partial charge in [-0.25, -0.2) is 24.9 Å². The lowest BCUT2D eigenvalue weighted by atomic mass is 10.0. The van der Waals surface area contributed by atoms with Crippen LogP contribution in [0.15, 0.2) is 180 Å². The molecule has 0 spiro atoms. The molecule has 4 heterocycles. The molecule has 0 radical (unpaired) electrons. The third kappa shape index (κ3) is 5.44. The van der Waals surface area contributed by atoms with Gasteiger partial charge in [-0.1, -0.05) is 152 Å². The van der Waals surface area contributed by atoms with Crippen LogP contribution in [0, 0.1) is 0 Å². The van der Waals surface area contributed by atoms with Crippen LogP contribution in [0.5, 0.6) is 0 Å². The molecule has 0 unspecified atom stereocenters. The van der Waals surface area contributed by atoms with E-state index in [0.29, 0.717) is 28.9 Å². The van der Waals surface area contributed by atoms with Crippen LogP contribution in [-0.2, 0) is 0 Å². The van der Waals surface area contributed by atoms with E-state index in [2.05, 4.69) is 84.9 Å². The summed E-state index contributed by atoms with van der Waals surface area (Å²) in [5.74, 6) is 2.34. The largest absolute Gasteiger partial charge is 0.455 e. The fourth-order valence-electron chi connectivity index (χ4n) is 7.52. The highest BCUT2D eigenvalue weighted by Gasteiger charge is 2.22. The Bertz CT molecular complexity index is 3250. The third-order valence-electron chi connectivity index (χ3n) is 10.2. The van der Waals surface area contributed by atoms with Gasteiger partial charge in [-0.05, 0) is 35.4 Å². The van der Waals surface area contributed by atoms with Crippen molar-refractivity contribution in [2.75, 3.05) is 0 Å². The highest BCUT2D eigenvalue weighted by atomic mass is 32.1. The van der Waals surface area contributed by atoms with E-state index in [-0.39, 0.29) is 0 Å². The van der Waals surface area contributed by atoms with Crippen LogP contribution in [0.4, 0.5) is 0 Å². The Balaban J connectivity index is 1.12. The first-order valence-electron chi connectivity index (χ1n) is 18.4. The Labute approximate surface area is 325 Å². The SMILES string of the molecule is c1ccc(-c2cccc(-c3nc(-c4ccccc4)nc(-c4cccc5c4oc4cccc(-c6nc(-c7ccccc7)c7sc8ccccc8c7n6)c45)n3)c2)cc1. The molecule has 0 saturated heterocycles. The molecule has 6 nitrogen and oxygen atoms in total. The van der Waals surface area contributed by atoms with Crippen molar-refractivity contribution >= 4 is 53.6 Å². The topological polar surface area (TPSA) is 77.6 Å². The number of nitrogens with zero attached hydrogens (tertiary/aromatic N) is 5. The number of hydrogen-bond donors (Lipinski definition) is 0. The molecule has 0 fully saturated rings. The second kappa shape index (κ2) is 13.2. The second-order valence-corrected chi connectivity index (χ2v) is 14.7. The van der Waals surface area contributed by atoms with Gasteiger partial charge in [-0.2, -0.15) is 0 Å². The van der Waals surface area contributed by atoms with E-state index >= 15 is 0 Å². The zero-order valence-electron chi connectivity index (χ0n) is 29.8. The smallest absolute Gasteiger partial charge is 0.167 e. The standard InChI is InChI=1S/C49H29N5OS/c1-4-15-30(16-5-1)33-21-12-22-34(29-33)47-52-46(32-19-8-3-9-20-32)53-49(54-47)38-26-13-24-36-41-37(25-14-27-39(41)55-44(36)38)48-50-42(31-17-6-2-7-18-31)45-43(51-48)35-23-10-11-28-40(35)56-45/h1-29H. The maximum atomic E-state index is 6.77. The number of benzene rings is 7. The van der Waals surface area contributed by atoms with Gasteiger partial charge in [0, 0.05) is 43.1 Å². The Morgan fingerprint density at radius 2 is 0.964 bits per heavy atom. The van der Waals surface area contributed by atoms with Crippen LogP contribution in [0.2, 0.25) is 0 Å². The summed E-state index contributed by atoms with van der Waals surface area (Å²) in [6, 6.07) is 59.8. The lowest BCUT2D eigenvalue weighted by Crippen LogP contribution is -2.00. The predicted octanol–water partition coefficient (Wildman–Crippen LogP) is 12.9. The van der Waals surface area contributed by atoms with Crippen molar-refractivity contribution < 1.29 is 4.42 Å². The Hall–Kier alpha value is -7.35. The number of aromatic nitrogens is 5. The fraction of sp³-hybridized carbons (Fsp3) is 0. The van der Waals surface area contributed by atoms with E-state index in [1.54, 1.807) is 11.3 Å². The van der Waals surface area contributed by atoms with Crippen LogP contribution in [0.25, 0.3) is 110 Å². The minimum atomic E-state index is 0.527. The highest BCUT2D eigenvalue weighted by Crippen LogP contribution is 2.43. The van der Waals surface area contributed by atoms with Gasteiger partial charge in [0.25, 0.3) is 0 Å². The summed E-state index contributed by atoms with van der Waals surface area (Å²) in [4.78, 5) is 25.8. The summed E-state index contributed by atoms with van der Waals surface area (Å²) < 4.78 is 9.02. The molecule has 11 aromatic rings. The summed E-state index contributed by atoms with van der Waals surface area (Å²) >= 11 is 1.73. The van der Waals surface area contributed by atoms with E-state index in [1.165, 1.54) is 4.70 Å². The molecule has 0 saturated carbocycles. The van der Waals surface area contributed by atoms with Crippen LogP contribution in [0.1, 0.15) is 0 Å². The van der Waals surface area contributed by atoms with Gasteiger partial charge in [0.1, 0.15) is 11.2 Å². The quantitative estimate of drug-likeness (QED) is 0.169. The number of fused-ring (bicyclic) bond motifs is 6. The van der Waals surface area contributed by atoms with E-state index in [1.807, 2.05) is 91.0 Å². The van der Waals surface area contributed by atoms with Gasteiger partial charge in [0.2, 0.25) is 0 Å². The van der Waals surface area contributed by atoms with Crippen LogP contribution in [-0.4, -0.2) is 24.9 Å². The molecule has 11 rings (SSSR count). The Morgan fingerprint density at radius 3 is 1.77 bits per heavy atom. The van der Waals surface area contributed by atoms with Crippen molar-refractivity contribution in [2.45, 2.75) is 0 Å². The first-order valence-corrected chi connectivity index (χ1v) is 19.2. The zero-order chi connectivity index (χ0) is 37.0. The summed E-state index contributed by atoms with van der Waals surface area (Å²) in [7, 11) is 0. The van der Waals surface area contributed by atoms with E-state index in [0.717, 1.165) is 76.6 Å². The van der Waals surface area contributed by atoms with Crippen molar-refractivity contribution in [3.8, 4) is 67.9 Å². The Kier molecular flexibility index (Phi) is 7.57. The van der Waals surface area contributed by atoms with E-state index in [4.69, 9.17) is 29.3 Å². The molecular weight excluding hydrogens is 707 g/mol. The monoisotopic (exact) mass is 735 g/mol. The minimum Gasteiger partial charge on any atom is -0.455 e. The first-order chi connectivity index (χ1) is 27.7. The van der Waals surface area contributed by atoms with Crippen LogP contribution >= 0.6 is 11.3 Å². The summed E-state index contributed by atoms with van der Waals surface area (Å²) in [5.41, 5.74) is 10.0. The number of rotatable bonds is 6. The van der Waals surface area contributed by atoms with Gasteiger partial charge >= 0.3 is 0 Å². The average molecular weight is 736 g/mol. The molecule has 0 atom stereocenters. The molecule has 56 heavy (non-hydrogen) atoms. The molecular formula is C49H29N5OS. The molecule has 7 heteroatoms. The predicted molar refractivity (Wildman–Crippen MR) is 228 cm³/mol. The van der Waals surface area contributed by atoms with Gasteiger partial charge in [0.15, 0.2) is 23.3 Å². The molecule has 0 bridgehead atoms. The average Bonchev–Trinajstić information content (AvgIpc) is 3.86. The summed E-state index contributed by atoms with van der Waals surface area (Å²) in [5, 5.41) is 2.99. The first kappa shape index (κ1) is 32.1. The van der Waals surface area contributed by atoms with E-state index in [9.17, 15) is 0 Å². The van der Waals surface area contributed by atoms with Crippen molar-refractivity contribution in [2.24, 2.45) is 0 Å². The highest BCUT2D eigenvalue weighted by molar-refractivity contribution is 7.26. The lowest BCUT2D eigenvalue weighted by molar-refractivity contribution is 0.669. The van der Waals surface area contributed by atoms with Gasteiger partial charge in [-0.15, -0.1) is 11.3 Å². The molecule has 0 aliphatic heterocycles. The third-order valence-corrected chi connectivity index (χ3v) is 11.3. The molecule has 262 valence electrons. The van der Waals surface area contributed by atoms with Gasteiger partial charge < -0.3 is 4.42 Å². The second-order valence-electron chi connectivity index (χ2n) is 13.6. The molecule has 7 aromatic carbocycles. The molecule has 4 aromatic heterocycles. The van der Waals surface area contributed by atoms with Crippen molar-refractivity contribution in [3.05, 3.63) is 176 Å². The maximum Gasteiger partial charge on any atom is 0.167 e. The minimum absolute atomic E-state index is 0.527. The van der Waals surface area contributed by atoms with Crippen molar-refractivity contribution in [1.82, 2.24) is 24.9 Å². The van der Waals surface area contributed by atoms with Crippen LogP contribution in [0.3, 0.4) is 0 Å². The zero-order valence-corrected chi connectivity index (χ0v) is 30.6. The molecule has 0 aliphatic rings. The maximum absolute atomic E-state index is 6.77. The number of furan rings is 1. The van der Waals surface area contributed by atoms with Crippen LogP contribution < -0.4 is 0 Å². The van der Waals surface area contributed by atoms with Crippen molar-refractivity contribution in [1.29, 1.82) is 0 Å². The van der Waals surface area contributed by atoms with Gasteiger partial charge in [-0.3, -0.25) is 0 Å². The Morgan fingerprint density at radius 1 is 0.393 bits per heavy atom. The number of hydrogen-bond acceptors (Lipinski definition) is 7. The fourth-order valence-corrected chi connectivity index (χ4v) is 8.68. The normalized spacial score (nSPS) is 11.6.